The van der Waals surface area contributed by atoms with Gasteiger partial charge in [0.2, 0.25) is 5.91 Å². The Kier molecular flexibility index (Phi) is 6.36. The number of rotatable bonds is 6. The van der Waals surface area contributed by atoms with Crippen molar-refractivity contribution in [3.8, 4) is 0 Å². The summed E-state index contributed by atoms with van der Waals surface area (Å²) in [6.07, 6.45) is 1.98. The van der Waals surface area contributed by atoms with Gasteiger partial charge in [-0.15, -0.1) is 10.2 Å². The van der Waals surface area contributed by atoms with Crippen LogP contribution in [0, 0.1) is 0 Å². The Hall–Kier alpha value is -3.13. The maximum Gasteiger partial charge on any atom is 0.251 e. The number of carbonyl (C=O) groups excluding carboxylic acids is 2. The first kappa shape index (κ1) is 21.1. The van der Waals surface area contributed by atoms with E-state index in [1.807, 2.05) is 59.8 Å². The van der Waals surface area contributed by atoms with E-state index in [1.165, 1.54) is 17.3 Å². The molecule has 0 unspecified atom stereocenters. The number of aromatic nitrogens is 3. The molecule has 2 heterocycles. The van der Waals surface area contributed by atoms with Gasteiger partial charge in [-0.25, -0.2) is 0 Å². The summed E-state index contributed by atoms with van der Waals surface area (Å²) >= 11 is 1.36. The fourth-order valence-electron chi connectivity index (χ4n) is 3.76. The Bertz CT molecular complexity index is 1080. The first-order valence-corrected chi connectivity index (χ1v) is 11.3. The van der Waals surface area contributed by atoms with E-state index in [-0.39, 0.29) is 23.6 Å². The average Bonchev–Trinajstić information content (AvgIpc) is 3.18. The van der Waals surface area contributed by atoms with E-state index < -0.39 is 0 Å². The third-order valence-electron chi connectivity index (χ3n) is 5.38. The molecule has 1 atom stereocenters. The molecule has 2 aromatic carbocycles. The summed E-state index contributed by atoms with van der Waals surface area (Å²) in [6.45, 7) is 2.61. The number of anilines is 1. The third-order valence-corrected chi connectivity index (χ3v) is 6.38. The van der Waals surface area contributed by atoms with Crippen molar-refractivity contribution in [2.45, 2.75) is 31.0 Å². The summed E-state index contributed by atoms with van der Waals surface area (Å²) < 4.78 is 1.83. The highest BCUT2D eigenvalue weighted by atomic mass is 32.2. The summed E-state index contributed by atoms with van der Waals surface area (Å²) in [4.78, 5) is 27.2. The molecular formula is C23H25N5O2S. The number of fused-ring (bicyclic) bond motifs is 1. The molecule has 2 amide bonds. The summed E-state index contributed by atoms with van der Waals surface area (Å²) in [5, 5.41) is 12.1. The first-order valence-electron chi connectivity index (χ1n) is 10.3. The van der Waals surface area contributed by atoms with E-state index >= 15 is 0 Å². The molecule has 4 rings (SSSR count). The zero-order valence-electron chi connectivity index (χ0n) is 17.6. The molecule has 0 fully saturated rings. The maximum absolute atomic E-state index is 12.9. The average molecular weight is 436 g/mol. The van der Waals surface area contributed by atoms with Crippen LogP contribution in [0.15, 0.2) is 59.8 Å². The zero-order valence-corrected chi connectivity index (χ0v) is 18.4. The standard InChI is InChI=1S/C23H25N5O2S/c1-16(24-22(30)18-10-4-3-5-11-18)21-25-26-23(27(21)2)31-15-20(29)28-14-8-12-17-9-6-7-13-19(17)28/h3-7,9-11,13,16H,8,12,14-15H2,1-2H3,(H,24,30)/t16-/m0/s1. The number of carbonyl (C=O) groups is 2. The van der Waals surface area contributed by atoms with Crippen LogP contribution >= 0.6 is 11.8 Å². The Morgan fingerprint density at radius 3 is 2.65 bits per heavy atom. The Balaban J connectivity index is 1.39. The van der Waals surface area contributed by atoms with E-state index in [0.717, 1.165) is 25.1 Å². The number of thioether (sulfide) groups is 1. The van der Waals surface area contributed by atoms with Crippen LogP contribution in [0.4, 0.5) is 5.69 Å². The molecule has 1 aliphatic heterocycles. The van der Waals surface area contributed by atoms with Gasteiger partial charge < -0.3 is 14.8 Å². The maximum atomic E-state index is 12.9. The molecule has 1 aromatic heterocycles. The minimum atomic E-state index is -0.316. The second-order valence-corrected chi connectivity index (χ2v) is 8.47. The summed E-state index contributed by atoms with van der Waals surface area (Å²) in [7, 11) is 1.85. The number of hydrogen-bond donors (Lipinski definition) is 1. The summed E-state index contributed by atoms with van der Waals surface area (Å²) in [5.41, 5.74) is 2.82. The largest absolute Gasteiger partial charge is 0.342 e. The second-order valence-electron chi connectivity index (χ2n) is 7.53. The Labute approximate surface area is 185 Å². The van der Waals surface area contributed by atoms with Gasteiger partial charge in [0.25, 0.3) is 5.91 Å². The fraction of sp³-hybridized carbons (Fsp3) is 0.304. The summed E-state index contributed by atoms with van der Waals surface area (Å²) in [5.74, 6) is 0.823. The lowest BCUT2D eigenvalue weighted by Gasteiger charge is -2.29. The molecular weight excluding hydrogens is 410 g/mol. The highest BCUT2D eigenvalue weighted by Crippen LogP contribution is 2.28. The monoisotopic (exact) mass is 435 g/mol. The quantitative estimate of drug-likeness (QED) is 0.601. The molecule has 1 N–H and O–H groups in total. The van der Waals surface area contributed by atoms with Gasteiger partial charge in [0, 0.05) is 24.8 Å². The highest BCUT2D eigenvalue weighted by molar-refractivity contribution is 7.99. The number of aryl methyl sites for hydroxylation is 1. The lowest BCUT2D eigenvalue weighted by atomic mass is 10.0. The number of para-hydroxylation sites is 1. The molecule has 0 aliphatic carbocycles. The van der Waals surface area contributed by atoms with Crippen molar-refractivity contribution in [3.63, 3.8) is 0 Å². The number of nitrogens with zero attached hydrogens (tertiary/aromatic N) is 4. The van der Waals surface area contributed by atoms with Gasteiger partial charge >= 0.3 is 0 Å². The van der Waals surface area contributed by atoms with Crippen molar-refractivity contribution in [1.82, 2.24) is 20.1 Å². The minimum Gasteiger partial charge on any atom is -0.342 e. The van der Waals surface area contributed by atoms with Crippen LogP contribution in [-0.4, -0.2) is 38.9 Å². The number of hydrogen-bond acceptors (Lipinski definition) is 5. The zero-order chi connectivity index (χ0) is 21.8. The van der Waals surface area contributed by atoms with Gasteiger partial charge in [0.05, 0.1) is 11.8 Å². The number of benzene rings is 2. The molecule has 0 saturated heterocycles. The van der Waals surface area contributed by atoms with E-state index in [4.69, 9.17) is 0 Å². The third kappa shape index (κ3) is 4.64. The van der Waals surface area contributed by atoms with Crippen LogP contribution in [-0.2, 0) is 18.3 Å². The van der Waals surface area contributed by atoms with Crippen LogP contribution in [0.5, 0.6) is 0 Å². The van der Waals surface area contributed by atoms with E-state index in [2.05, 4.69) is 21.6 Å². The minimum absolute atomic E-state index is 0.0622. The van der Waals surface area contributed by atoms with Gasteiger partial charge in [-0.1, -0.05) is 48.2 Å². The van der Waals surface area contributed by atoms with Crippen molar-refractivity contribution < 1.29 is 9.59 Å². The molecule has 31 heavy (non-hydrogen) atoms. The molecule has 8 heteroatoms. The lowest BCUT2D eigenvalue weighted by molar-refractivity contribution is -0.116. The Morgan fingerprint density at radius 1 is 1.10 bits per heavy atom. The smallest absolute Gasteiger partial charge is 0.251 e. The molecule has 3 aromatic rings. The Morgan fingerprint density at radius 2 is 1.84 bits per heavy atom. The predicted octanol–water partition coefficient (Wildman–Crippen LogP) is 3.38. The number of nitrogens with one attached hydrogen (secondary N) is 1. The molecule has 160 valence electrons. The second kappa shape index (κ2) is 9.34. The van der Waals surface area contributed by atoms with E-state index in [0.29, 0.717) is 16.5 Å². The van der Waals surface area contributed by atoms with Crippen molar-refractivity contribution in [3.05, 3.63) is 71.5 Å². The molecule has 0 spiro atoms. The van der Waals surface area contributed by atoms with Gasteiger partial charge in [0.15, 0.2) is 11.0 Å². The number of amides is 2. The summed E-state index contributed by atoms with van der Waals surface area (Å²) in [6, 6.07) is 16.8. The first-order chi connectivity index (χ1) is 15.0. The van der Waals surface area contributed by atoms with Crippen molar-refractivity contribution >= 4 is 29.3 Å². The van der Waals surface area contributed by atoms with Crippen molar-refractivity contribution in [2.24, 2.45) is 7.05 Å². The van der Waals surface area contributed by atoms with Gasteiger partial charge in [0.1, 0.15) is 0 Å². The predicted molar refractivity (Wildman–Crippen MR) is 121 cm³/mol. The SMILES string of the molecule is C[C@H](NC(=O)c1ccccc1)c1nnc(SCC(=O)N2CCCc3ccccc32)n1C. The van der Waals surface area contributed by atoms with Crippen LogP contribution < -0.4 is 10.2 Å². The normalized spacial score (nSPS) is 14.1. The van der Waals surface area contributed by atoms with E-state index in [9.17, 15) is 9.59 Å². The lowest BCUT2D eigenvalue weighted by Crippen LogP contribution is -2.36. The molecule has 0 radical (unpaired) electrons. The van der Waals surface area contributed by atoms with Crippen LogP contribution in [0.1, 0.15) is 41.1 Å². The molecule has 7 nitrogen and oxygen atoms in total. The fourth-order valence-corrected chi connectivity index (χ4v) is 4.55. The molecule has 1 aliphatic rings. The van der Waals surface area contributed by atoms with Crippen molar-refractivity contribution in [2.75, 3.05) is 17.2 Å². The van der Waals surface area contributed by atoms with Gasteiger partial charge in [-0.05, 0) is 43.5 Å². The van der Waals surface area contributed by atoms with E-state index in [1.54, 1.807) is 12.1 Å². The van der Waals surface area contributed by atoms with Crippen molar-refractivity contribution in [1.29, 1.82) is 0 Å². The highest BCUT2D eigenvalue weighted by Gasteiger charge is 2.24. The molecule has 0 saturated carbocycles. The van der Waals surface area contributed by atoms with Crippen LogP contribution in [0.25, 0.3) is 0 Å². The van der Waals surface area contributed by atoms with Gasteiger partial charge in [-0.2, -0.15) is 0 Å². The molecule has 0 bridgehead atoms. The van der Waals surface area contributed by atoms with Crippen LogP contribution in [0.2, 0.25) is 0 Å². The topological polar surface area (TPSA) is 80.1 Å². The van der Waals surface area contributed by atoms with Crippen LogP contribution in [0.3, 0.4) is 0 Å². The van der Waals surface area contributed by atoms with Gasteiger partial charge in [-0.3, -0.25) is 9.59 Å².